The molecule has 0 aliphatic heterocycles. The van der Waals surface area contributed by atoms with E-state index in [-0.39, 0.29) is 6.04 Å². The van der Waals surface area contributed by atoms with Gasteiger partial charge in [-0.15, -0.1) is 0 Å². The van der Waals surface area contributed by atoms with E-state index in [1.807, 2.05) is 38.5 Å². The standard InChI is InChI=1S/C13H16ClN3S/c1-9(15)5-10-3-4-11(6-13(10)14)18-12-7-16-17(2)8-12/h3-4,6-9H,5,15H2,1-2H3. The Balaban J connectivity index is 2.13. The molecule has 1 unspecified atom stereocenters. The first kappa shape index (κ1) is 13.5. The molecular formula is C13H16ClN3S. The smallest absolute Gasteiger partial charge is 0.0629 e. The van der Waals surface area contributed by atoms with Crippen molar-refractivity contribution in [3.05, 3.63) is 41.2 Å². The van der Waals surface area contributed by atoms with Crippen LogP contribution in [0.2, 0.25) is 5.02 Å². The quantitative estimate of drug-likeness (QED) is 0.936. The highest BCUT2D eigenvalue weighted by atomic mass is 35.5. The fraction of sp³-hybridized carbons (Fsp3) is 0.308. The lowest BCUT2D eigenvalue weighted by Gasteiger charge is -2.08. The predicted octanol–water partition coefficient (Wildman–Crippen LogP) is 3.11. The van der Waals surface area contributed by atoms with E-state index in [4.69, 9.17) is 17.3 Å². The van der Waals surface area contributed by atoms with E-state index in [0.29, 0.717) is 0 Å². The van der Waals surface area contributed by atoms with Crippen LogP contribution in [0.25, 0.3) is 0 Å². The summed E-state index contributed by atoms with van der Waals surface area (Å²) >= 11 is 7.91. The minimum atomic E-state index is 0.124. The SMILES string of the molecule is CC(N)Cc1ccc(Sc2cnn(C)c2)cc1Cl. The third-order valence-corrected chi connectivity index (χ3v) is 3.77. The molecule has 0 saturated carbocycles. The number of nitrogens with two attached hydrogens (primary N) is 1. The number of benzene rings is 1. The molecule has 3 nitrogen and oxygen atoms in total. The molecule has 5 heteroatoms. The summed E-state index contributed by atoms with van der Waals surface area (Å²) in [7, 11) is 1.91. The van der Waals surface area contributed by atoms with Gasteiger partial charge in [-0.2, -0.15) is 5.10 Å². The highest BCUT2D eigenvalue weighted by Gasteiger charge is 2.06. The van der Waals surface area contributed by atoms with Gasteiger partial charge in [0.2, 0.25) is 0 Å². The first-order valence-corrected chi connectivity index (χ1v) is 6.94. The van der Waals surface area contributed by atoms with Crippen molar-refractivity contribution < 1.29 is 0 Å². The first-order valence-electron chi connectivity index (χ1n) is 5.75. The van der Waals surface area contributed by atoms with Crippen molar-refractivity contribution in [1.82, 2.24) is 9.78 Å². The Morgan fingerprint density at radius 2 is 2.22 bits per heavy atom. The van der Waals surface area contributed by atoms with Crippen molar-refractivity contribution in [3.8, 4) is 0 Å². The molecule has 2 N–H and O–H groups in total. The molecule has 2 rings (SSSR count). The molecule has 0 aliphatic carbocycles. The average Bonchev–Trinajstić information content (AvgIpc) is 2.68. The lowest BCUT2D eigenvalue weighted by Crippen LogP contribution is -2.17. The third-order valence-electron chi connectivity index (χ3n) is 2.48. The fourth-order valence-electron chi connectivity index (χ4n) is 1.69. The van der Waals surface area contributed by atoms with Crippen LogP contribution in [0.4, 0.5) is 0 Å². The Morgan fingerprint density at radius 1 is 1.44 bits per heavy atom. The van der Waals surface area contributed by atoms with Gasteiger partial charge >= 0.3 is 0 Å². The largest absolute Gasteiger partial charge is 0.328 e. The Morgan fingerprint density at radius 3 is 2.78 bits per heavy atom. The van der Waals surface area contributed by atoms with Crippen LogP contribution >= 0.6 is 23.4 Å². The topological polar surface area (TPSA) is 43.8 Å². The van der Waals surface area contributed by atoms with Crippen molar-refractivity contribution in [3.63, 3.8) is 0 Å². The van der Waals surface area contributed by atoms with Gasteiger partial charge in [-0.05, 0) is 31.0 Å². The van der Waals surface area contributed by atoms with Crippen molar-refractivity contribution in [2.45, 2.75) is 29.2 Å². The molecule has 0 radical (unpaired) electrons. The monoisotopic (exact) mass is 281 g/mol. The van der Waals surface area contributed by atoms with Gasteiger partial charge in [0.1, 0.15) is 0 Å². The zero-order valence-electron chi connectivity index (χ0n) is 10.4. The minimum absolute atomic E-state index is 0.124. The van der Waals surface area contributed by atoms with Crippen LogP contribution in [0, 0.1) is 0 Å². The Kier molecular flexibility index (Phi) is 4.32. The number of halogens is 1. The number of hydrogen-bond acceptors (Lipinski definition) is 3. The van der Waals surface area contributed by atoms with E-state index in [2.05, 4.69) is 11.2 Å². The second-order valence-electron chi connectivity index (χ2n) is 4.39. The molecule has 96 valence electrons. The van der Waals surface area contributed by atoms with Gasteiger partial charge in [0, 0.05) is 29.2 Å². The summed E-state index contributed by atoms with van der Waals surface area (Å²) in [6.45, 7) is 1.98. The number of aryl methyl sites for hydroxylation is 1. The molecule has 1 heterocycles. The fourth-order valence-corrected chi connectivity index (χ4v) is 2.90. The Labute approximate surface area is 116 Å². The number of rotatable bonds is 4. The van der Waals surface area contributed by atoms with Gasteiger partial charge in [-0.25, -0.2) is 0 Å². The molecule has 1 atom stereocenters. The average molecular weight is 282 g/mol. The van der Waals surface area contributed by atoms with Crippen LogP contribution in [0.5, 0.6) is 0 Å². The van der Waals surface area contributed by atoms with E-state index in [1.165, 1.54) is 0 Å². The summed E-state index contributed by atoms with van der Waals surface area (Å²) in [6.07, 6.45) is 4.62. The van der Waals surface area contributed by atoms with Gasteiger partial charge in [-0.1, -0.05) is 29.4 Å². The summed E-state index contributed by atoms with van der Waals surface area (Å²) in [6, 6.07) is 6.22. The van der Waals surface area contributed by atoms with Crippen LogP contribution < -0.4 is 5.73 Å². The first-order chi connectivity index (χ1) is 8.54. The van der Waals surface area contributed by atoms with Crippen molar-refractivity contribution in [1.29, 1.82) is 0 Å². The molecule has 0 fully saturated rings. The van der Waals surface area contributed by atoms with E-state index < -0.39 is 0 Å². The maximum absolute atomic E-state index is 6.26. The normalized spacial score (nSPS) is 12.7. The van der Waals surface area contributed by atoms with E-state index in [1.54, 1.807) is 16.4 Å². The van der Waals surface area contributed by atoms with Gasteiger partial charge in [0.05, 0.1) is 11.1 Å². The van der Waals surface area contributed by atoms with E-state index >= 15 is 0 Å². The molecule has 0 aliphatic rings. The summed E-state index contributed by atoms with van der Waals surface area (Å²) in [5, 5.41) is 4.92. The van der Waals surface area contributed by atoms with Gasteiger partial charge in [0.15, 0.2) is 0 Å². The predicted molar refractivity (Wildman–Crippen MR) is 76.1 cm³/mol. The molecular weight excluding hydrogens is 266 g/mol. The Hall–Kier alpha value is -0.970. The minimum Gasteiger partial charge on any atom is -0.328 e. The third kappa shape index (κ3) is 3.51. The van der Waals surface area contributed by atoms with Crippen molar-refractivity contribution in [2.24, 2.45) is 12.8 Å². The zero-order valence-corrected chi connectivity index (χ0v) is 12.0. The summed E-state index contributed by atoms with van der Waals surface area (Å²) in [5.74, 6) is 0. The van der Waals surface area contributed by atoms with Crippen molar-refractivity contribution in [2.75, 3.05) is 0 Å². The molecule has 0 amide bonds. The number of hydrogen-bond donors (Lipinski definition) is 1. The van der Waals surface area contributed by atoms with Gasteiger partial charge < -0.3 is 5.73 Å². The number of nitrogens with zero attached hydrogens (tertiary/aromatic N) is 2. The maximum atomic E-state index is 6.26. The van der Waals surface area contributed by atoms with Crippen molar-refractivity contribution >= 4 is 23.4 Å². The van der Waals surface area contributed by atoms with Crippen LogP contribution in [-0.2, 0) is 13.5 Å². The van der Waals surface area contributed by atoms with Crippen LogP contribution in [-0.4, -0.2) is 15.8 Å². The van der Waals surface area contributed by atoms with E-state index in [9.17, 15) is 0 Å². The molecule has 0 saturated heterocycles. The molecule has 0 bridgehead atoms. The summed E-state index contributed by atoms with van der Waals surface area (Å²) < 4.78 is 1.79. The van der Waals surface area contributed by atoms with Crippen LogP contribution in [0.1, 0.15) is 12.5 Å². The number of aromatic nitrogens is 2. The second kappa shape index (κ2) is 5.78. The Bertz CT molecular complexity index is 537. The van der Waals surface area contributed by atoms with E-state index in [0.717, 1.165) is 26.8 Å². The highest BCUT2D eigenvalue weighted by Crippen LogP contribution is 2.30. The summed E-state index contributed by atoms with van der Waals surface area (Å²) in [4.78, 5) is 2.22. The molecule has 1 aromatic heterocycles. The lowest BCUT2D eigenvalue weighted by atomic mass is 10.1. The van der Waals surface area contributed by atoms with Gasteiger partial charge in [0.25, 0.3) is 0 Å². The molecule has 0 spiro atoms. The maximum Gasteiger partial charge on any atom is 0.0629 e. The van der Waals surface area contributed by atoms with Crippen LogP contribution in [0.15, 0.2) is 40.4 Å². The molecule has 1 aromatic carbocycles. The lowest BCUT2D eigenvalue weighted by molar-refractivity contribution is 0.738. The highest BCUT2D eigenvalue weighted by molar-refractivity contribution is 7.99. The van der Waals surface area contributed by atoms with Gasteiger partial charge in [-0.3, -0.25) is 4.68 Å². The summed E-state index contributed by atoms with van der Waals surface area (Å²) in [5.41, 5.74) is 6.88. The molecule has 18 heavy (non-hydrogen) atoms. The van der Waals surface area contributed by atoms with Crippen LogP contribution in [0.3, 0.4) is 0 Å². The molecule has 2 aromatic rings. The zero-order chi connectivity index (χ0) is 13.1. The second-order valence-corrected chi connectivity index (χ2v) is 5.94.